The second-order valence-electron chi connectivity index (χ2n) is 7.91. The molecule has 2 aromatic carbocycles. The minimum Gasteiger partial charge on any atom is -0.494 e. The van der Waals surface area contributed by atoms with Crippen molar-refractivity contribution in [1.82, 2.24) is 4.98 Å². The summed E-state index contributed by atoms with van der Waals surface area (Å²) in [5.41, 5.74) is 2.95. The van der Waals surface area contributed by atoms with Crippen LogP contribution in [0.3, 0.4) is 0 Å². The van der Waals surface area contributed by atoms with E-state index >= 15 is 0 Å². The van der Waals surface area contributed by atoms with Crippen molar-refractivity contribution in [3.8, 4) is 22.8 Å². The predicted molar refractivity (Wildman–Crippen MR) is 130 cm³/mol. The fourth-order valence-corrected chi connectivity index (χ4v) is 4.71. The number of ether oxygens (including phenoxy) is 2. The van der Waals surface area contributed by atoms with Gasteiger partial charge in [0.15, 0.2) is 6.10 Å². The fraction of sp³-hybridized carbons (Fsp3) is 0.320. The Labute approximate surface area is 197 Å². The molecule has 0 fully saturated rings. The largest absolute Gasteiger partial charge is 0.494 e. The number of hydrogen-bond acceptors (Lipinski definition) is 6. The van der Waals surface area contributed by atoms with Crippen LogP contribution < -0.4 is 19.7 Å². The Bertz CT molecular complexity index is 1190. The lowest BCUT2D eigenvalue weighted by Gasteiger charge is -2.36. The summed E-state index contributed by atoms with van der Waals surface area (Å²) in [7, 11) is 0. The molecule has 2 unspecified atom stereocenters. The van der Waals surface area contributed by atoms with Gasteiger partial charge in [-0.05, 0) is 77.1 Å². The minimum absolute atomic E-state index is 0.264. The lowest BCUT2D eigenvalue weighted by molar-refractivity contribution is -0.128. The summed E-state index contributed by atoms with van der Waals surface area (Å²) < 4.78 is 11.3. The highest BCUT2D eigenvalue weighted by Crippen LogP contribution is 2.39. The summed E-state index contributed by atoms with van der Waals surface area (Å²) in [6.07, 6.45) is -0.688. The van der Waals surface area contributed by atoms with E-state index in [-0.39, 0.29) is 11.8 Å². The first-order chi connectivity index (χ1) is 15.8. The van der Waals surface area contributed by atoms with E-state index in [0.29, 0.717) is 23.7 Å². The topological polar surface area (TPSA) is 80.8 Å². The van der Waals surface area contributed by atoms with Gasteiger partial charge in [0.1, 0.15) is 17.5 Å². The number of fused-ring (bicyclic) bond motifs is 1. The molecule has 0 radical (unpaired) electrons. The van der Waals surface area contributed by atoms with Crippen molar-refractivity contribution in [2.75, 3.05) is 16.8 Å². The van der Waals surface area contributed by atoms with E-state index in [1.807, 2.05) is 39.0 Å². The fourth-order valence-electron chi connectivity index (χ4n) is 3.87. The van der Waals surface area contributed by atoms with Crippen molar-refractivity contribution in [2.45, 2.75) is 46.8 Å². The number of aromatic nitrogens is 1. The van der Waals surface area contributed by atoms with E-state index in [1.54, 1.807) is 49.4 Å². The van der Waals surface area contributed by atoms with Gasteiger partial charge < -0.3 is 14.8 Å². The normalized spacial score (nSPS) is 16.1. The Hall–Kier alpha value is -3.39. The quantitative estimate of drug-likeness (QED) is 0.556. The van der Waals surface area contributed by atoms with E-state index in [9.17, 15) is 9.59 Å². The highest BCUT2D eigenvalue weighted by atomic mass is 32.1. The molecule has 2 atom stereocenters. The number of carbonyl (C=O) groups is 2. The highest BCUT2D eigenvalue weighted by molar-refractivity contribution is 7.11. The van der Waals surface area contributed by atoms with Gasteiger partial charge >= 0.3 is 0 Å². The minimum atomic E-state index is -0.748. The zero-order chi connectivity index (χ0) is 23.7. The molecule has 0 saturated carbocycles. The molecule has 0 spiro atoms. The number of anilines is 2. The Morgan fingerprint density at radius 3 is 2.61 bits per heavy atom. The number of nitrogens with one attached hydrogen (secondary N) is 1. The highest BCUT2D eigenvalue weighted by Gasteiger charge is 2.37. The van der Waals surface area contributed by atoms with Crippen LogP contribution in [-0.2, 0) is 9.59 Å². The maximum Gasteiger partial charge on any atom is 0.268 e. The predicted octanol–water partition coefficient (Wildman–Crippen LogP) is 4.97. The third-order valence-electron chi connectivity index (χ3n) is 5.48. The average Bonchev–Trinajstić information content (AvgIpc) is 3.13. The molecule has 172 valence electrons. The van der Waals surface area contributed by atoms with Gasteiger partial charge in [-0.25, -0.2) is 4.98 Å². The summed E-state index contributed by atoms with van der Waals surface area (Å²) >= 11 is 1.62. The van der Waals surface area contributed by atoms with Crippen molar-refractivity contribution in [3.05, 3.63) is 52.3 Å². The molecule has 3 aromatic rings. The second kappa shape index (κ2) is 9.23. The Morgan fingerprint density at radius 1 is 1.24 bits per heavy atom. The lowest BCUT2D eigenvalue weighted by atomic mass is 10.1. The molecule has 0 saturated heterocycles. The third kappa shape index (κ3) is 4.57. The maximum atomic E-state index is 13.1. The number of benzene rings is 2. The molecule has 1 aliphatic heterocycles. The van der Waals surface area contributed by atoms with Crippen LogP contribution in [0.25, 0.3) is 11.3 Å². The van der Waals surface area contributed by atoms with Crippen LogP contribution in [0.15, 0.2) is 42.5 Å². The number of amides is 2. The van der Waals surface area contributed by atoms with Gasteiger partial charge in [0, 0.05) is 16.1 Å². The van der Waals surface area contributed by atoms with Gasteiger partial charge in [-0.1, -0.05) is 0 Å². The van der Waals surface area contributed by atoms with Gasteiger partial charge in [0.05, 0.1) is 23.0 Å². The number of thiazole rings is 1. The van der Waals surface area contributed by atoms with E-state index in [0.717, 1.165) is 26.9 Å². The van der Waals surface area contributed by atoms with E-state index in [4.69, 9.17) is 9.47 Å². The van der Waals surface area contributed by atoms with Crippen molar-refractivity contribution >= 4 is 34.5 Å². The first-order valence-electron chi connectivity index (χ1n) is 10.9. The standard InChI is InChI=1S/C25H27N3O4S/c1-6-31-20-10-8-19(9-11-20)27-24(29)14(2)28-21-13-18(23-16(4)33-17(5)26-23)7-12-22(21)32-15(3)25(28)30/h7-15H,6H2,1-5H3,(H,27,29). The van der Waals surface area contributed by atoms with Crippen LogP contribution in [0.5, 0.6) is 11.5 Å². The number of aryl methyl sites for hydroxylation is 2. The number of rotatable bonds is 6. The average molecular weight is 466 g/mol. The molecule has 2 amide bonds. The Morgan fingerprint density at radius 2 is 1.97 bits per heavy atom. The maximum absolute atomic E-state index is 13.1. The van der Waals surface area contributed by atoms with Crippen LogP contribution in [0.1, 0.15) is 30.7 Å². The molecule has 2 heterocycles. The monoisotopic (exact) mass is 465 g/mol. The zero-order valence-electron chi connectivity index (χ0n) is 19.3. The van der Waals surface area contributed by atoms with Gasteiger partial charge in [0.25, 0.3) is 5.91 Å². The van der Waals surface area contributed by atoms with Crippen molar-refractivity contribution in [3.63, 3.8) is 0 Å². The second-order valence-corrected chi connectivity index (χ2v) is 9.32. The van der Waals surface area contributed by atoms with Crippen molar-refractivity contribution < 1.29 is 19.1 Å². The molecule has 4 rings (SSSR count). The summed E-state index contributed by atoms with van der Waals surface area (Å²) in [6, 6.07) is 12.1. The Balaban J connectivity index is 1.63. The number of carbonyl (C=O) groups excluding carboxylic acids is 2. The molecule has 0 bridgehead atoms. The molecule has 1 aliphatic rings. The summed E-state index contributed by atoms with van der Waals surface area (Å²) in [6.45, 7) is 9.88. The van der Waals surface area contributed by atoms with Gasteiger partial charge in [-0.2, -0.15) is 0 Å². The molecule has 7 nitrogen and oxygen atoms in total. The van der Waals surface area contributed by atoms with E-state index in [1.165, 1.54) is 4.90 Å². The third-order valence-corrected chi connectivity index (χ3v) is 6.37. The van der Waals surface area contributed by atoms with E-state index < -0.39 is 12.1 Å². The van der Waals surface area contributed by atoms with Crippen LogP contribution >= 0.6 is 11.3 Å². The smallest absolute Gasteiger partial charge is 0.268 e. The Kier molecular flexibility index (Phi) is 6.37. The van der Waals surface area contributed by atoms with Crippen LogP contribution in [-0.4, -0.2) is 35.6 Å². The van der Waals surface area contributed by atoms with Gasteiger partial charge in [-0.15, -0.1) is 11.3 Å². The van der Waals surface area contributed by atoms with Crippen LogP contribution in [0.4, 0.5) is 11.4 Å². The van der Waals surface area contributed by atoms with E-state index in [2.05, 4.69) is 10.3 Å². The van der Waals surface area contributed by atoms with Crippen molar-refractivity contribution in [1.29, 1.82) is 0 Å². The van der Waals surface area contributed by atoms with Gasteiger partial charge in [0.2, 0.25) is 5.91 Å². The molecular weight excluding hydrogens is 438 g/mol. The molecule has 1 aromatic heterocycles. The van der Waals surface area contributed by atoms with Crippen LogP contribution in [0.2, 0.25) is 0 Å². The van der Waals surface area contributed by atoms with Crippen molar-refractivity contribution in [2.24, 2.45) is 0 Å². The zero-order valence-corrected chi connectivity index (χ0v) is 20.2. The molecular formula is C25H27N3O4S. The molecule has 33 heavy (non-hydrogen) atoms. The molecule has 0 aliphatic carbocycles. The number of nitrogens with zero attached hydrogens (tertiary/aromatic N) is 2. The first kappa shape index (κ1) is 22.8. The van der Waals surface area contributed by atoms with Crippen LogP contribution in [0, 0.1) is 13.8 Å². The SMILES string of the molecule is CCOc1ccc(NC(=O)C(C)N2C(=O)C(C)Oc3ccc(-c4nc(C)sc4C)cc32)cc1. The lowest BCUT2D eigenvalue weighted by Crippen LogP contribution is -2.52. The summed E-state index contributed by atoms with van der Waals surface area (Å²) in [5.74, 6) is 0.741. The molecule has 1 N–H and O–H groups in total. The van der Waals surface area contributed by atoms with Gasteiger partial charge in [-0.3, -0.25) is 14.5 Å². The molecule has 8 heteroatoms. The number of hydrogen-bond donors (Lipinski definition) is 1. The first-order valence-corrected chi connectivity index (χ1v) is 11.7. The summed E-state index contributed by atoms with van der Waals surface area (Å²) in [5, 5.41) is 3.87. The summed E-state index contributed by atoms with van der Waals surface area (Å²) in [4.78, 5) is 33.5.